The normalized spacial score (nSPS) is 16.5. The monoisotopic (exact) mass is 403 g/mol. The van der Waals surface area contributed by atoms with Gasteiger partial charge in [0.15, 0.2) is 0 Å². The van der Waals surface area contributed by atoms with E-state index < -0.39 is 10.0 Å². The van der Waals surface area contributed by atoms with E-state index in [1.807, 2.05) is 6.92 Å². The molecule has 1 unspecified atom stereocenters. The van der Waals surface area contributed by atoms with E-state index in [1.54, 1.807) is 12.1 Å². The zero-order valence-electron chi connectivity index (χ0n) is 15.2. The van der Waals surface area contributed by atoms with Gasteiger partial charge in [-0.25, -0.2) is 13.1 Å². The fraction of sp³-hybridized carbons (Fsp3) is 0.611. The van der Waals surface area contributed by atoms with Crippen molar-refractivity contribution in [2.75, 3.05) is 18.4 Å². The third kappa shape index (κ3) is 6.87. The van der Waals surface area contributed by atoms with E-state index in [0.717, 1.165) is 6.42 Å². The van der Waals surface area contributed by atoms with Gasteiger partial charge < -0.3 is 11.1 Å². The Kier molecular flexibility index (Phi) is 9.57. The Morgan fingerprint density at radius 3 is 2.62 bits per heavy atom. The average molecular weight is 404 g/mol. The maximum atomic E-state index is 12.4. The van der Waals surface area contributed by atoms with Crippen LogP contribution in [-0.2, 0) is 14.8 Å². The summed E-state index contributed by atoms with van der Waals surface area (Å²) in [5, 5.41) is 2.84. The quantitative estimate of drug-likeness (QED) is 0.621. The highest BCUT2D eigenvalue weighted by Crippen LogP contribution is 2.29. The smallest absolute Gasteiger partial charge is 0.240 e. The summed E-state index contributed by atoms with van der Waals surface area (Å²) in [5.41, 5.74) is 5.83. The van der Waals surface area contributed by atoms with Crippen molar-refractivity contribution in [3.63, 3.8) is 0 Å². The number of rotatable bonds is 8. The third-order valence-electron chi connectivity index (χ3n) is 4.71. The van der Waals surface area contributed by atoms with Crippen LogP contribution in [0.5, 0.6) is 0 Å². The average Bonchev–Trinajstić information content (AvgIpc) is 2.61. The third-order valence-corrected chi connectivity index (χ3v) is 6.17. The molecule has 0 heterocycles. The summed E-state index contributed by atoms with van der Waals surface area (Å²) in [6.45, 7) is 2.35. The van der Waals surface area contributed by atoms with Gasteiger partial charge in [-0.15, -0.1) is 12.4 Å². The molecular formula is C18H30ClN3O3S. The lowest BCUT2D eigenvalue weighted by molar-refractivity contribution is -0.120. The summed E-state index contributed by atoms with van der Waals surface area (Å²) < 4.78 is 26.7. The SMILES string of the molecule is CC(CC1CCCCC1)C(=O)Nc1cccc(S(=O)(=O)NCCN)c1.Cl. The molecule has 0 bridgehead atoms. The lowest BCUT2D eigenvalue weighted by atomic mass is 9.83. The van der Waals surface area contributed by atoms with Crippen LogP contribution in [0.2, 0.25) is 0 Å². The number of nitrogens with two attached hydrogens (primary N) is 1. The Morgan fingerprint density at radius 2 is 1.96 bits per heavy atom. The van der Waals surface area contributed by atoms with Crippen LogP contribution in [0, 0.1) is 11.8 Å². The molecule has 0 radical (unpaired) electrons. The van der Waals surface area contributed by atoms with E-state index in [2.05, 4.69) is 10.0 Å². The standard InChI is InChI=1S/C18H29N3O3S.ClH/c1-14(12-15-6-3-2-4-7-15)18(22)21-16-8-5-9-17(13-16)25(23,24)20-11-10-19;/h5,8-9,13-15,20H,2-4,6-7,10-12,19H2,1H3,(H,21,22);1H. The van der Waals surface area contributed by atoms with Gasteiger partial charge in [-0.3, -0.25) is 4.79 Å². The maximum absolute atomic E-state index is 12.4. The highest BCUT2D eigenvalue weighted by atomic mass is 35.5. The minimum atomic E-state index is -3.60. The molecule has 148 valence electrons. The van der Waals surface area contributed by atoms with Crippen LogP contribution >= 0.6 is 12.4 Å². The van der Waals surface area contributed by atoms with Gasteiger partial charge in [-0.05, 0) is 30.5 Å². The molecule has 1 aromatic carbocycles. The molecule has 4 N–H and O–H groups in total. The molecule has 1 atom stereocenters. The Balaban J connectivity index is 0.00000338. The first kappa shape index (κ1) is 22.9. The van der Waals surface area contributed by atoms with Crippen LogP contribution in [0.1, 0.15) is 45.4 Å². The second kappa shape index (κ2) is 10.9. The first-order valence-corrected chi connectivity index (χ1v) is 10.5. The summed E-state index contributed by atoms with van der Waals surface area (Å²) in [4.78, 5) is 12.6. The lowest BCUT2D eigenvalue weighted by Gasteiger charge is -2.24. The molecule has 1 amide bonds. The summed E-state index contributed by atoms with van der Waals surface area (Å²) in [7, 11) is -3.60. The Morgan fingerprint density at radius 1 is 1.27 bits per heavy atom. The van der Waals surface area contributed by atoms with Gasteiger partial charge in [0.25, 0.3) is 0 Å². The van der Waals surface area contributed by atoms with Crippen LogP contribution in [0.4, 0.5) is 5.69 Å². The van der Waals surface area contributed by atoms with Crippen molar-refractivity contribution < 1.29 is 13.2 Å². The van der Waals surface area contributed by atoms with Gasteiger partial charge >= 0.3 is 0 Å². The predicted octanol–water partition coefficient (Wildman–Crippen LogP) is 2.89. The van der Waals surface area contributed by atoms with Crippen LogP contribution in [0.25, 0.3) is 0 Å². The summed E-state index contributed by atoms with van der Waals surface area (Å²) in [5.74, 6) is 0.482. The first-order valence-electron chi connectivity index (χ1n) is 9.03. The summed E-state index contributed by atoms with van der Waals surface area (Å²) in [6.07, 6.45) is 7.12. The van der Waals surface area contributed by atoms with Crippen LogP contribution in [0.15, 0.2) is 29.2 Å². The fourth-order valence-electron chi connectivity index (χ4n) is 3.31. The van der Waals surface area contributed by atoms with Crippen molar-refractivity contribution in [2.45, 2.75) is 50.3 Å². The zero-order chi connectivity index (χ0) is 18.3. The molecule has 26 heavy (non-hydrogen) atoms. The van der Waals surface area contributed by atoms with Crippen LogP contribution in [0.3, 0.4) is 0 Å². The van der Waals surface area contributed by atoms with Gasteiger partial charge in [-0.1, -0.05) is 45.1 Å². The van der Waals surface area contributed by atoms with Crippen molar-refractivity contribution in [3.05, 3.63) is 24.3 Å². The van der Waals surface area contributed by atoms with E-state index in [9.17, 15) is 13.2 Å². The number of hydrogen-bond donors (Lipinski definition) is 3. The molecule has 1 aromatic rings. The Hall–Kier alpha value is -1.15. The van der Waals surface area contributed by atoms with E-state index in [4.69, 9.17) is 5.73 Å². The molecule has 8 heteroatoms. The Bertz CT molecular complexity index is 676. The van der Waals surface area contributed by atoms with Crippen molar-refractivity contribution >= 4 is 34.0 Å². The number of benzene rings is 1. The predicted molar refractivity (Wildman–Crippen MR) is 107 cm³/mol. The van der Waals surface area contributed by atoms with Crippen molar-refractivity contribution in [1.29, 1.82) is 0 Å². The molecule has 2 rings (SSSR count). The molecule has 0 saturated heterocycles. The van der Waals surface area contributed by atoms with Gasteiger partial charge in [0.05, 0.1) is 4.90 Å². The molecule has 1 saturated carbocycles. The molecule has 0 aromatic heterocycles. The maximum Gasteiger partial charge on any atom is 0.240 e. The minimum absolute atomic E-state index is 0. The molecule has 0 aliphatic heterocycles. The second-order valence-corrected chi connectivity index (χ2v) is 8.61. The van der Waals surface area contributed by atoms with E-state index >= 15 is 0 Å². The van der Waals surface area contributed by atoms with Gasteiger partial charge in [0.1, 0.15) is 0 Å². The van der Waals surface area contributed by atoms with E-state index in [0.29, 0.717) is 11.6 Å². The topological polar surface area (TPSA) is 101 Å². The largest absolute Gasteiger partial charge is 0.329 e. The summed E-state index contributed by atoms with van der Waals surface area (Å²) in [6, 6.07) is 6.30. The number of sulfonamides is 1. The second-order valence-electron chi connectivity index (χ2n) is 6.84. The Labute approximate surface area is 162 Å². The molecule has 1 aliphatic rings. The first-order chi connectivity index (χ1) is 11.9. The highest BCUT2D eigenvalue weighted by molar-refractivity contribution is 7.89. The number of anilines is 1. The highest BCUT2D eigenvalue weighted by Gasteiger charge is 2.21. The van der Waals surface area contributed by atoms with Gasteiger partial charge in [-0.2, -0.15) is 0 Å². The number of carbonyl (C=O) groups excluding carboxylic acids is 1. The number of amides is 1. The van der Waals surface area contributed by atoms with Crippen molar-refractivity contribution in [1.82, 2.24) is 4.72 Å². The molecule has 1 aliphatic carbocycles. The van der Waals surface area contributed by atoms with E-state index in [1.165, 1.54) is 44.2 Å². The molecular weight excluding hydrogens is 374 g/mol. The molecule has 6 nitrogen and oxygen atoms in total. The molecule has 1 fully saturated rings. The van der Waals surface area contributed by atoms with Crippen LogP contribution < -0.4 is 15.8 Å². The van der Waals surface area contributed by atoms with Crippen molar-refractivity contribution in [2.24, 2.45) is 17.6 Å². The number of halogens is 1. The number of hydrogen-bond acceptors (Lipinski definition) is 4. The zero-order valence-corrected chi connectivity index (χ0v) is 16.9. The van der Waals surface area contributed by atoms with Gasteiger partial charge in [0.2, 0.25) is 15.9 Å². The van der Waals surface area contributed by atoms with Crippen LogP contribution in [-0.4, -0.2) is 27.4 Å². The van der Waals surface area contributed by atoms with Gasteiger partial charge in [0, 0.05) is 24.7 Å². The number of nitrogens with one attached hydrogen (secondary N) is 2. The lowest BCUT2D eigenvalue weighted by Crippen LogP contribution is -2.29. The minimum Gasteiger partial charge on any atom is -0.329 e. The van der Waals surface area contributed by atoms with E-state index in [-0.39, 0.29) is 42.2 Å². The van der Waals surface area contributed by atoms with Crippen molar-refractivity contribution in [3.8, 4) is 0 Å². The number of carbonyl (C=O) groups is 1. The molecule has 0 spiro atoms. The summed E-state index contributed by atoms with van der Waals surface area (Å²) >= 11 is 0. The fourth-order valence-corrected chi connectivity index (χ4v) is 4.41.